The lowest BCUT2D eigenvalue weighted by molar-refractivity contribution is 0.230. The summed E-state index contributed by atoms with van der Waals surface area (Å²) in [5.41, 5.74) is 6.55. The molecule has 0 fully saturated rings. The van der Waals surface area contributed by atoms with Crippen LogP contribution in [-0.2, 0) is 6.42 Å². The van der Waals surface area contributed by atoms with E-state index < -0.39 is 0 Å². The number of ether oxygens (including phenoxy) is 1. The van der Waals surface area contributed by atoms with E-state index in [0.717, 1.165) is 24.2 Å². The fourth-order valence-corrected chi connectivity index (χ4v) is 4.08. The molecule has 3 rings (SSSR count). The lowest BCUT2D eigenvalue weighted by atomic mass is 9.84. The van der Waals surface area contributed by atoms with Gasteiger partial charge in [-0.2, -0.15) is 0 Å². The Morgan fingerprint density at radius 3 is 2.65 bits per heavy atom. The number of aliphatic hydroxyl groups is 1. The van der Waals surface area contributed by atoms with Gasteiger partial charge in [0.2, 0.25) is 0 Å². The molecule has 0 aromatic heterocycles. The van der Waals surface area contributed by atoms with E-state index >= 15 is 0 Å². The molecule has 2 nitrogen and oxygen atoms in total. The van der Waals surface area contributed by atoms with Gasteiger partial charge in [-0.3, -0.25) is 0 Å². The zero-order valence-electron chi connectivity index (χ0n) is 17.0. The van der Waals surface area contributed by atoms with Gasteiger partial charge in [-0.05, 0) is 73.1 Å². The molecule has 26 heavy (non-hydrogen) atoms. The van der Waals surface area contributed by atoms with Crippen LogP contribution in [0.4, 0.5) is 0 Å². The van der Waals surface area contributed by atoms with Crippen molar-refractivity contribution in [1.82, 2.24) is 0 Å². The minimum atomic E-state index is 0.143. The molecule has 0 saturated carbocycles. The molecule has 0 radical (unpaired) electrons. The largest absolute Gasteiger partial charge is 0.489 e. The number of rotatable bonds is 5. The Bertz CT molecular complexity index is 845. The van der Waals surface area contributed by atoms with Crippen molar-refractivity contribution < 1.29 is 9.84 Å². The van der Waals surface area contributed by atoms with Gasteiger partial charge < -0.3 is 9.84 Å². The van der Waals surface area contributed by atoms with E-state index in [-0.39, 0.29) is 12.7 Å². The van der Waals surface area contributed by atoms with E-state index in [2.05, 4.69) is 58.9 Å². The van der Waals surface area contributed by atoms with Crippen LogP contribution in [0.3, 0.4) is 0 Å². The number of hydrogen-bond donors (Lipinski definition) is 1. The fourth-order valence-electron chi connectivity index (χ4n) is 4.08. The second kappa shape index (κ2) is 7.44. The highest BCUT2D eigenvalue weighted by molar-refractivity contribution is 5.94. The van der Waals surface area contributed by atoms with E-state index in [1.807, 2.05) is 6.92 Å². The van der Waals surface area contributed by atoms with Gasteiger partial charge >= 0.3 is 0 Å². The van der Waals surface area contributed by atoms with Gasteiger partial charge in [-0.15, -0.1) is 0 Å². The monoisotopic (exact) mass is 352 g/mol. The second-order valence-electron chi connectivity index (χ2n) is 8.18. The Morgan fingerprint density at radius 1 is 1.27 bits per heavy atom. The van der Waals surface area contributed by atoms with Crippen LogP contribution in [-0.4, -0.2) is 17.8 Å². The highest BCUT2D eigenvalue weighted by Crippen LogP contribution is 2.48. The Labute approximate surface area is 157 Å². The van der Waals surface area contributed by atoms with Crippen molar-refractivity contribution in [2.45, 2.75) is 72.3 Å². The van der Waals surface area contributed by atoms with Gasteiger partial charge in [0.15, 0.2) is 0 Å². The molecule has 0 spiro atoms. The summed E-state index contributed by atoms with van der Waals surface area (Å²) in [5, 5.41) is 12.0. The summed E-state index contributed by atoms with van der Waals surface area (Å²) in [6.07, 6.45) is 4.33. The molecule has 0 amide bonds. The highest BCUT2D eigenvalue weighted by atomic mass is 16.5. The van der Waals surface area contributed by atoms with Crippen molar-refractivity contribution in [2.24, 2.45) is 0 Å². The van der Waals surface area contributed by atoms with Gasteiger partial charge in [0.1, 0.15) is 11.9 Å². The molecule has 1 heterocycles. The molecule has 1 aliphatic heterocycles. The maximum Gasteiger partial charge on any atom is 0.127 e. The second-order valence-corrected chi connectivity index (χ2v) is 8.18. The van der Waals surface area contributed by atoms with Crippen LogP contribution in [0, 0.1) is 6.92 Å². The van der Waals surface area contributed by atoms with E-state index in [1.54, 1.807) is 0 Å². The lowest BCUT2D eigenvalue weighted by Crippen LogP contribution is -2.11. The van der Waals surface area contributed by atoms with E-state index in [0.29, 0.717) is 11.8 Å². The minimum absolute atomic E-state index is 0.143. The molecule has 2 heteroatoms. The molecule has 1 aliphatic rings. The van der Waals surface area contributed by atoms with Gasteiger partial charge in [0, 0.05) is 11.5 Å². The number of aliphatic hydroxyl groups excluding tert-OH is 1. The van der Waals surface area contributed by atoms with Crippen molar-refractivity contribution >= 4 is 10.8 Å². The molecule has 1 N–H and O–H groups in total. The van der Waals surface area contributed by atoms with Crippen LogP contribution in [0.2, 0.25) is 0 Å². The molecule has 140 valence electrons. The molecule has 2 aromatic carbocycles. The number of fused-ring (bicyclic) bond motifs is 3. The van der Waals surface area contributed by atoms with E-state index in [9.17, 15) is 5.11 Å². The summed E-state index contributed by atoms with van der Waals surface area (Å²) in [6, 6.07) is 6.85. The van der Waals surface area contributed by atoms with Crippen LogP contribution in [0.1, 0.15) is 75.1 Å². The quantitative estimate of drug-likeness (QED) is 0.666. The average molecular weight is 353 g/mol. The van der Waals surface area contributed by atoms with Crippen molar-refractivity contribution in [3.8, 4) is 5.75 Å². The van der Waals surface area contributed by atoms with Crippen LogP contribution in [0.25, 0.3) is 10.8 Å². The van der Waals surface area contributed by atoms with Crippen LogP contribution in [0.5, 0.6) is 5.75 Å². The van der Waals surface area contributed by atoms with E-state index in [4.69, 9.17) is 4.74 Å². The summed E-state index contributed by atoms with van der Waals surface area (Å²) in [6.45, 7) is 13.3. The Kier molecular flexibility index (Phi) is 5.43. The zero-order valence-corrected chi connectivity index (χ0v) is 17.0. The predicted molar refractivity (Wildman–Crippen MR) is 110 cm³/mol. The first kappa shape index (κ1) is 19.0. The third-order valence-corrected chi connectivity index (χ3v) is 5.89. The first-order valence-corrected chi connectivity index (χ1v) is 9.87. The molecule has 0 bridgehead atoms. The van der Waals surface area contributed by atoms with Crippen molar-refractivity contribution in [3.05, 3.63) is 52.1 Å². The topological polar surface area (TPSA) is 29.5 Å². The predicted octanol–water partition coefficient (Wildman–Crippen LogP) is 6.03. The summed E-state index contributed by atoms with van der Waals surface area (Å²) < 4.78 is 6.33. The first-order valence-electron chi connectivity index (χ1n) is 9.87. The lowest BCUT2D eigenvalue weighted by Gasteiger charge is -2.18. The summed E-state index contributed by atoms with van der Waals surface area (Å²) >= 11 is 0. The molecule has 0 saturated heterocycles. The van der Waals surface area contributed by atoms with Crippen LogP contribution in [0.15, 0.2) is 29.8 Å². The standard InChI is InChI=1S/C24H32O2/c1-14(2)21-12-19-11-10-16(4)20(9-7-8-15(3)13-25)23(19)22-17(5)18(6)26-24(21)22/h8,10-12,14,17-18,25H,7,9,13H2,1-6H3/b15-8+/t17-,18+/m0/s1. The molecular formula is C24H32O2. The minimum Gasteiger partial charge on any atom is -0.489 e. The average Bonchev–Trinajstić information content (AvgIpc) is 2.90. The van der Waals surface area contributed by atoms with Gasteiger partial charge in [-0.25, -0.2) is 0 Å². The number of benzene rings is 2. The van der Waals surface area contributed by atoms with Crippen molar-refractivity contribution in [1.29, 1.82) is 0 Å². The molecule has 2 atom stereocenters. The third kappa shape index (κ3) is 3.27. The smallest absolute Gasteiger partial charge is 0.127 e. The van der Waals surface area contributed by atoms with Gasteiger partial charge in [-0.1, -0.05) is 44.6 Å². The van der Waals surface area contributed by atoms with Crippen molar-refractivity contribution in [3.63, 3.8) is 0 Å². The van der Waals surface area contributed by atoms with Gasteiger partial charge in [0.05, 0.1) is 6.61 Å². The molecule has 2 aromatic rings. The molecule has 0 unspecified atom stereocenters. The summed E-state index contributed by atoms with van der Waals surface area (Å²) in [5.74, 6) is 1.98. The number of allylic oxidation sites excluding steroid dienone is 1. The Balaban J connectivity index is 2.20. The van der Waals surface area contributed by atoms with Crippen LogP contribution < -0.4 is 4.74 Å². The zero-order chi connectivity index (χ0) is 19.0. The first-order chi connectivity index (χ1) is 12.3. The fraction of sp³-hybridized carbons (Fsp3) is 0.500. The SMILES string of the molecule is C/C(=C\CCc1c(C)ccc2cc(C(C)C)c3c(c12)[C@@H](C)[C@@H](C)O3)CO. The highest BCUT2D eigenvalue weighted by Gasteiger charge is 2.33. The normalized spacial score (nSPS) is 19.9. The molecule has 0 aliphatic carbocycles. The van der Waals surface area contributed by atoms with E-state index in [1.165, 1.54) is 33.0 Å². The maximum absolute atomic E-state index is 9.25. The number of hydrogen-bond acceptors (Lipinski definition) is 2. The molecular weight excluding hydrogens is 320 g/mol. The van der Waals surface area contributed by atoms with Crippen molar-refractivity contribution in [2.75, 3.05) is 6.61 Å². The summed E-state index contributed by atoms with van der Waals surface area (Å²) in [4.78, 5) is 0. The Morgan fingerprint density at radius 2 is 2.00 bits per heavy atom. The Hall–Kier alpha value is -1.80. The third-order valence-electron chi connectivity index (χ3n) is 5.89. The van der Waals surface area contributed by atoms with Crippen LogP contribution >= 0.6 is 0 Å². The van der Waals surface area contributed by atoms with Gasteiger partial charge in [0.25, 0.3) is 0 Å². The maximum atomic E-state index is 9.25. The number of aryl methyl sites for hydroxylation is 2. The summed E-state index contributed by atoms with van der Waals surface area (Å²) in [7, 11) is 0.